The number of carbonyl (C=O) groups is 1. The molecule has 1 aromatic rings. The van der Waals surface area contributed by atoms with Gasteiger partial charge in [0.25, 0.3) is 0 Å². The molecule has 1 aliphatic heterocycles. The van der Waals surface area contributed by atoms with Crippen molar-refractivity contribution in [1.82, 2.24) is 10.6 Å². The third-order valence-electron chi connectivity index (χ3n) is 8.91. The Morgan fingerprint density at radius 3 is 2.87 bits per heavy atom. The molecule has 31 heavy (non-hydrogen) atoms. The van der Waals surface area contributed by atoms with Crippen LogP contribution in [0.25, 0.3) is 0 Å². The third kappa shape index (κ3) is 3.82. The number of nitrogens with one attached hydrogen (secondary N) is 2. The second-order valence-electron chi connectivity index (χ2n) is 10.7. The zero-order valence-corrected chi connectivity index (χ0v) is 18.7. The predicted molar refractivity (Wildman–Crippen MR) is 120 cm³/mol. The number of halogens is 1. The van der Waals surface area contributed by atoms with E-state index in [0.717, 1.165) is 38.8 Å². The number of amides is 1. The summed E-state index contributed by atoms with van der Waals surface area (Å²) >= 11 is 0. The molecule has 0 spiro atoms. The van der Waals surface area contributed by atoms with Crippen molar-refractivity contribution in [3.63, 3.8) is 0 Å². The highest BCUT2D eigenvalue weighted by Gasteiger charge is 2.61. The van der Waals surface area contributed by atoms with Gasteiger partial charge in [0.2, 0.25) is 5.91 Å². The quantitative estimate of drug-likeness (QED) is 0.720. The van der Waals surface area contributed by atoms with Gasteiger partial charge in [0.05, 0.1) is 12.6 Å². The summed E-state index contributed by atoms with van der Waals surface area (Å²) in [6.45, 7) is 4.65. The number of piperidine rings is 1. The highest BCUT2D eigenvalue weighted by atomic mass is 19.1. The first-order valence-corrected chi connectivity index (χ1v) is 12.3. The van der Waals surface area contributed by atoms with Gasteiger partial charge in [0.1, 0.15) is 6.17 Å². The first kappa shape index (κ1) is 21.4. The van der Waals surface area contributed by atoms with Gasteiger partial charge in [-0.15, -0.1) is 0 Å². The third-order valence-corrected chi connectivity index (χ3v) is 8.91. The van der Waals surface area contributed by atoms with E-state index in [2.05, 4.69) is 47.9 Å². The zero-order chi connectivity index (χ0) is 21.5. The smallest absolute Gasteiger partial charge is 0.223 e. The molecule has 7 atom stereocenters. The van der Waals surface area contributed by atoms with E-state index in [0.29, 0.717) is 31.4 Å². The minimum Gasteiger partial charge on any atom is -0.381 e. The minimum atomic E-state index is -0.990. The fourth-order valence-electron chi connectivity index (χ4n) is 7.79. The second kappa shape index (κ2) is 8.47. The monoisotopic (exact) mass is 428 g/mol. The Hall–Kier alpha value is -1.46. The molecule has 5 rings (SSSR count). The molecule has 2 N–H and O–H groups in total. The first-order chi connectivity index (χ1) is 15.1. The molecular weight excluding hydrogens is 391 g/mol. The first-order valence-electron chi connectivity index (χ1n) is 12.3. The van der Waals surface area contributed by atoms with Crippen molar-refractivity contribution < 1.29 is 13.9 Å². The predicted octanol–water partition coefficient (Wildman–Crippen LogP) is 3.99. The molecule has 1 amide bonds. The summed E-state index contributed by atoms with van der Waals surface area (Å²) in [7, 11) is 0. The molecule has 4 fully saturated rings. The van der Waals surface area contributed by atoms with Crippen molar-refractivity contribution in [2.45, 2.75) is 69.5 Å². The molecule has 1 aromatic carbocycles. The van der Waals surface area contributed by atoms with E-state index >= 15 is 0 Å². The Morgan fingerprint density at radius 1 is 1.26 bits per heavy atom. The maximum Gasteiger partial charge on any atom is 0.223 e. The number of hydrogen-bond acceptors (Lipinski definition) is 3. The van der Waals surface area contributed by atoms with Gasteiger partial charge in [-0.25, -0.2) is 4.39 Å². The maximum absolute atomic E-state index is 14.4. The molecule has 4 nitrogen and oxygen atoms in total. The number of benzene rings is 1. The number of alkyl halides is 1. The topological polar surface area (TPSA) is 50.4 Å². The summed E-state index contributed by atoms with van der Waals surface area (Å²) in [6, 6.07) is 10.7. The lowest BCUT2D eigenvalue weighted by Gasteiger charge is -2.63. The van der Waals surface area contributed by atoms with Crippen molar-refractivity contribution in [2.75, 3.05) is 26.3 Å². The van der Waals surface area contributed by atoms with Gasteiger partial charge >= 0.3 is 0 Å². The van der Waals surface area contributed by atoms with Crippen LogP contribution < -0.4 is 10.6 Å². The van der Waals surface area contributed by atoms with Crippen molar-refractivity contribution in [3.8, 4) is 0 Å². The Kier molecular flexibility index (Phi) is 5.85. The summed E-state index contributed by atoms with van der Waals surface area (Å²) in [4.78, 5) is 13.5. The lowest BCUT2D eigenvalue weighted by molar-refractivity contribution is -0.158. The van der Waals surface area contributed by atoms with Gasteiger partial charge in [-0.05, 0) is 86.6 Å². The molecule has 1 heterocycles. The molecular formula is C26H37FN2O2. The number of hydrogen-bond donors (Lipinski definition) is 2. The average Bonchev–Trinajstić information content (AvgIpc) is 2.78. The van der Waals surface area contributed by atoms with Crippen molar-refractivity contribution in [3.05, 3.63) is 35.9 Å². The molecule has 0 aromatic heterocycles. The normalized spacial score (nSPS) is 41.7. The van der Waals surface area contributed by atoms with Crippen LogP contribution in [0.2, 0.25) is 0 Å². The standard InChI is InChI=1S/C26H37FN2O2/c1-2-31-17-26-14-18-12-20(24(30)29-23-9-11-28-15-22(23)27)21(26)8-10-25(13-18,16-26)19-6-4-3-5-7-19/h3-7,18,20-23,28H,2,8-17H2,1H3,(H,29,30)/t18?,20?,21?,22-,23+,25+,26+/m0/s1. The van der Waals surface area contributed by atoms with Crippen LogP contribution >= 0.6 is 0 Å². The molecule has 3 bridgehead atoms. The molecule has 3 unspecified atom stereocenters. The highest BCUT2D eigenvalue weighted by molar-refractivity contribution is 5.79. The number of carbonyl (C=O) groups excluding carboxylic acids is 1. The van der Waals surface area contributed by atoms with Crippen LogP contribution in [0.4, 0.5) is 4.39 Å². The summed E-state index contributed by atoms with van der Waals surface area (Å²) in [5.74, 6) is 0.970. The minimum absolute atomic E-state index is 0.00429. The van der Waals surface area contributed by atoms with Crippen LogP contribution in [0.1, 0.15) is 57.4 Å². The zero-order valence-electron chi connectivity index (χ0n) is 18.7. The number of rotatable bonds is 6. The van der Waals surface area contributed by atoms with Crippen LogP contribution in [-0.2, 0) is 14.9 Å². The SMILES string of the molecule is CCOC[C@]12CC3CC(C(=O)N[C@@H]4CCNC[C@@H]4F)C1CC[C@@](c1ccccc1)(C3)C2. The Balaban J connectivity index is 1.41. The molecule has 1 saturated heterocycles. The van der Waals surface area contributed by atoms with E-state index in [9.17, 15) is 9.18 Å². The molecule has 3 aliphatic carbocycles. The highest BCUT2D eigenvalue weighted by Crippen LogP contribution is 2.66. The lowest BCUT2D eigenvalue weighted by Crippen LogP contribution is -2.61. The van der Waals surface area contributed by atoms with E-state index in [-0.39, 0.29) is 28.7 Å². The molecule has 170 valence electrons. The van der Waals surface area contributed by atoms with Gasteiger partial charge < -0.3 is 15.4 Å². The van der Waals surface area contributed by atoms with Crippen LogP contribution in [0, 0.1) is 23.2 Å². The van der Waals surface area contributed by atoms with Gasteiger partial charge in [0.15, 0.2) is 0 Å². The van der Waals surface area contributed by atoms with Crippen LogP contribution in [0.15, 0.2) is 30.3 Å². The van der Waals surface area contributed by atoms with Gasteiger partial charge in [0, 0.05) is 19.1 Å². The van der Waals surface area contributed by atoms with E-state index in [1.807, 2.05) is 0 Å². The molecule has 3 saturated carbocycles. The van der Waals surface area contributed by atoms with E-state index in [4.69, 9.17) is 4.74 Å². The fraction of sp³-hybridized carbons (Fsp3) is 0.731. The lowest BCUT2D eigenvalue weighted by atomic mass is 9.41. The van der Waals surface area contributed by atoms with E-state index < -0.39 is 6.17 Å². The van der Waals surface area contributed by atoms with Crippen LogP contribution in [0.5, 0.6) is 0 Å². The van der Waals surface area contributed by atoms with Crippen molar-refractivity contribution >= 4 is 5.91 Å². The summed E-state index contributed by atoms with van der Waals surface area (Å²) in [5, 5.41) is 6.21. The van der Waals surface area contributed by atoms with E-state index in [1.54, 1.807) is 0 Å². The Morgan fingerprint density at radius 2 is 2.10 bits per heavy atom. The fourth-order valence-corrected chi connectivity index (χ4v) is 7.79. The Bertz CT molecular complexity index is 789. The Labute approximate surface area is 185 Å². The van der Waals surface area contributed by atoms with Crippen molar-refractivity contribution in [2.24, 2.45) is 23.2 Å². The number of fused-ring (bicyclic) bond motifs is 2. The summed E-state index contributed by atoms with van der Waals surface area (Å²) in [6.07, 6.45) is 6.31. The van der Waals surface area contributed by atoms with Gasteiger partial charge in [-0.2, -0.15) is 0 Å². The summed E-state index contributed by atoms with van der Waals surface area (Å²) < 4.78 is 20.5. The second-order valence-corrected chi connectivity index (χ2v) is 10.7. The van der Waals surface area contributed by atoms with Gasteiger partial charge in [-0.3, -0.25) is 4.79 Å². The average molecular weight is 429 g/mol. The van der Waals surface area contributed by atoms with Crippen molar-refractivity contribution in [1.29, 1.82) is 0 Å². The molecule has 5 heteroatoms. The van der Waals surface area contributed by atoms with Crippen LogP contribution in [0.3, 0.4) is 0 Å². The number of ether oxygens (including phenoxy) is 1. The van der Waals surface area contributed by atoms with Gasteiger partial charge in [-0.1, -0.05) is 30.3 Å². The molecule has 0 radical (unpaired) electrons. The molecule has 4 aliphatic rings. The largest absolute Gasteiger partial charge is 0.381 e. The summed E-state index contributed by atoms with van der Waals surface area (Å²) in [5.41, 5.74) is 1.76. The van der Waals surface area contributed by atoms with Crippen LogP contribution in [-0.4, -0.2) is 44.4 Å². The maximum atomic E-state index is 14.4. The van der Waals surface area contributed by atoms with E-state index in [1.165, 1.54) is 18.4 Å².